The van der Waals surface area contributed by atoms with Crippen LogP contribution in [0.5, 0.6) is 5.88 Å². The zero-order valence-electron chi connectivity index (χ0n) is 9.93. The summed E-state index contributed by atoms with van der Waals surface area (Å²) in [6.45, 7) is 1.51. The maximum Gasteiger partial charge on any atom is 0.237 e. The first-order valence-electron chi connectivity index (χ1n) is 5.75. The predicted octanol–water partition coefficient (Wildman–Crippen LogP) is 0.416. The van der Waals surface area contributed by atoms with Gasteiger partial charge in [-0.15, -0.1) is 0 Å². The van der Waals surface area contributed by atoms with Gasteiger partial charge in [-0.2, -0.15) is 0 Å². The fourth-order valence-corrected chi connectivity index (χ4v) is 2.17. The Hall–Kier alpha value is -1.24. The third kappa shape index (κ3) is 2.71. The molecule has 0 spiro atoms. The number of hydrogen-bond donors (Lipinski definition) is 2. The Labute approximate surface area is 101 Å². The number of nitrogens with zero attached hydrogens (tertiary/aromatic N) is 2. The molecule has 2 heterocycles. The molecule has 6 nitrogen and oxygen atoms in total. The van der Waals surface area contributed by atoms with Gasteiger partial charge in [0.1, 0.15) is 5.69 Å². The minimum absolute atomic E-state index is 0.0843. The van der Waals surface area contributed by atoms with Crippen molar-refractivity contribution in [2.75, 3.05) is 20.3 Å². The fourth-order valence-electron chi connectivity index (χ4n) is 2.17. The molecule has 1 aliphatic rings. The van der Waals surface area contributed by atoms with Crippen LogP contribution in [-0.4, -0.2) is 30.3 Å². The van der Waals surface area contributed by atoms with Crippen LogP contribution in [0.1, 0.15) is 24.6 Å². The second-order valence-corrected chi connectivity index (χ2v) is 4.07. The second-order valence-electron chi connectivity index (χ2n) is 4.07. The van der Waals surface area contributed by atoms with Crippen molar-refractivity contribution in [1.29, 1.82) is 0 Å². The summed E-state index contributed by atoms with van der Waals surface area (Å²) in [7, 11) is 1.58. The maximum atomic E-state index is 5.63. The first kappa shape index (κ1) is 12.2. The lowest BCUT2D eigenvalue weighted by atomic mass is 9.92. The molecule has 0 aromatic carbocycles. The van der Waals surface area contributed by atoms with E-state index in [0.717, 1.165) is 25.1 Å². The summed E-state index contributed by atoms with van der Waals surface area (Å²) in [6, 6.07) is -0.0843. The number of nitrogens with two attached hydrogens (primary N) is 1. The lowest BCUT2D eigenvalue weighted by Gasteiger charge is -2.29. The van der Waals surface area contributed by atoms with Crippen molar-refractivity contribution in [3.8, 4) is 5.88 Å². The van der Waals surface area contributed by atoms with Gasteiger partial charge in [-0.25, -0.2) is 4.98 Å². The molecule has 1 fully saturated rings. The number of hydrazine groups is 1. The molecule has 1 aromatic rings. The highest BCUT2D eigenvalue weighted by Gasteiger charge is 2.28. The SMILES string of the molecule is COc1nccnc1C(NN)C1CCCOC1. The van der Waals surface area contributed by atoms with Crippen LogP contribution in [0.3, 0.4) is 0 Å². The van der Waals surface area contributed by atoms with E-state index in [0.29, 0.717) is 18.4 Å². The number of rotatable bonds is 4. The number of hydrogen-bond acceptors (Lipinski definition) is 6. The predicted molar refractivity (Wildman–Crippen MR) is 62.2 cm³/mol. The van der Waals surface area contributed by atoms with Gasteiger partial charge in [0, 0.05) is 24.9 Å². The Morgan fingerprint density at radius 1 is 1.53 bits per heavy atom. The summed E-state index contributed by atoms with van der Waals surface area (Å²) in [5.74, 6) is 6.45. The van der Waals surface area contributed by atoms with E-state index >= 15 is 0 Å². The third-order valence-corrected chi connectivity index (χ3v) is 3.03. The van der Waals surface area contributed by atoms with E-state index in [1.165, 1.54) is 0 Å². The van der Waals surface area contributed by atoms with Crippen LogP contribution < -0.4 is 16.0 Å². The molecular formula is C11H18N4O2. The van der Waals surface area contributed by atoms with E-state index in [2.05, 4.69) is 15.4 Å². The number of ether oxygens (including phenoxy) is 2. The molecule has 2 atom stereocenters. The highest BCUT2D eigenvalue weighted by Crippen LogP contribution is 2.30. The van der Waals surface area contributed by atoms with Crippen LogP contribution in [0.2, 0.25) is 0 Å². The maximum absolute atomic E-state index is 5.63. The molecule has 0 bridgehead atoms. The van der Waals surface area contributed by atoms with Crippen molar-refractivity contribution < 1.29 is 9.47 Å². The highest BCUT2D eigenvalue weighted by atomic mass is 16.5. The summed E-state index contributed by atoms with van der Waals surface area (Å²) < 4.78 is 10.7. The summed E-state index contributed by atoms with van der Waals surface area (Å²) in [5.41, 5.74) is 3.54. The molecule has 2 unspecified atom stereocenters. The molecule has 6 heteroatoms. The minimum atomic E-state index is -0.0843. The molecule has 0 amide bonds. The zero-order chi connectivity index (χ0) is 12.1. The molecule has 1 saturated heterocycles. The molecule has 2 rings (SSSR count). The summed E-state index contributed by atoms with van der Waals surface area (Å²) >= 11 is 0. The van der Waals surface area contributed by atoms with Gasteiger partial charge < -0.3 is 9.47 Å². The summed E-state index contributed by atoms with van der Waals surface area (Å²) in [4.78, 5) is 8.45. The average molecular weight is 238 g/mol. The van der Waals surface area contributed by atoms with Crippen LogP contribution in [0.15, 0.2) is 12.4 Å². The van der Waals surface area contributed by atoms with Gasteiger partial charge in [-0.05, 0) is 12.8 Å². The van der Waals surface area contributed by atoms with E-state index in [1.807, 2.05) is 0 Å². The normalized spacial score (nSPS) is 22.1. The van der Waals surface area contributed by atoms with Gasteiger partial charge in [-0.1, -0.05) is 0 Å². The minimum Gasteiger partial charge on any atom is -0.480 e. The fraction of sp³-hybridized carbons (Fsp3) is 0.636. The van der Waals surface area contributed by atoms with Crippen molar-refractivity contribution in [3.05, 3.63) is 18.1 Å². The highest BCUT2D eigenvalue weighted by molar-refractivity contribution is 5.21. The first-order valence-corrected chi connectivity index (χ1v) is 5.75. The van der Waals surface area contributed by atoms with Crippen LogP contribution in [-0.2, 0) is 4.74 Å². The van der Waals surface area contributed by atoms with Crippen molar-refractivity contribution in [2.24, 2.45) is 11.8 Å². The third-order valence-electron chi connectivity index (χ3n) is 3.03. The van der Waals surface area contributed by atoms with Gasteiger partial charge in [-0.3, -0.25) is 16.3 Å². The van der Waals surface area contributed by atoms with Gasteiger partial charge in [0.15, 0.2) is 0 Å². The molecule has 3 N–H and O–H groups in total. The van der Waals surface area contributed by atoms with E-state index in [1.54, 1.807) is 19.5 Å². The Balaban J connectivity index is 2.21. The number of nitrogens with one attached hydrogen (secondary N) is 1. The molecule has 0 radical (unpaired) electrons. The van der Waals surface area contributed by atoms with Crippen molar-refractivity contribution in [3.63, 3.8) is 0 Å². The van der Waals surface area contributed by atoms with Crippen LogP contribution in [0, 0.1) is 5.92 Å². The largest absolute Gasteiger partial charge is 0.480 e. The lowest BCUT2D eigenvalue weighted by molar-refractivity contribution is 0.0378. The molecule has 1 aliphatic heterocycles. The topological polar surface area (TPSA) is 82.3 Å². The van der Waals surface area contributed by atoms with Crippen LogP contribution in [0.25, 0.3) is 0 Å². The zero-order valence-corrected chi connectivity index (χ0v) is 9.93. The van der Waals surface area contributed by atoms with Crippen LogP contribution >= 0.6 is 0 Å². The van der Waals surface area contributed by atoms with E-state index in [-0.39, 0.29) is 6.04 Å². The molecule has 94 valence electrons. The summed E-state index contributed by atoms with van der Waals surface area (Å²) in [6.07, 6.45) is 5.36. The quantitative estimate of drug-likeness (QED) is 0.584. The average Bonchev–Trinajstić information content (AvgIpc) is 2.41. The number of methoxy groups -OCH3 is 1. The lowest BCUT2D eigenvalue weighted by Crippen LogP contribution is -2.38. The van der Waals surface area contributed by atoms with Gasteiger partial charge in [0.25, 0.3) is 0 Å². The first-order chi connectivity index (χ1) is 8.36. The van der Waals surface area contributed by atoms with Crippen molar-refractivity contribution >= 4 is 0 Å². The molecule has 1 aromatic heterocycles. The Bertz CT molecular complexity index is 355. The molecular weight excluding hydrogens is 220 g/mol. The Morgan fingerprint density at radius 3 is 3.00 bits per heavy atom. The smallest absolute Gasteiger partial charge is 0.237 e. The Morgan fingerprint density at radius 2 is 2.35 bits per heavy atom. The van der Waals surface area contributed by atoms with Gasteiger partial charge >= 0.3 is 0 Å². The molecule has 0 saturated carbocycles. The summed E-state index contributed by atoms with van der Waals surface area (Å²) in [5, 5.41) is 0. The molecule has 0 aliphatic carbocycles. The van der Waals surface area contributed by atoms with Crippen molar-refractivity contribution in [1.82, 2.24) is 15.4 Å². The van der Waals surface area contributed by atoms with Gasteiger partial charge in [0.05, 0.1) is 19.8 Å². The standard InChI is InChI=1S/C11H18N4O2/c1-16-11-10(13-4-5-14-11)9(15-12)8-3-2-6-17-7-8/h4-5,8-9,15H,2-3,6-7,12H2,1H3. The van der Waals surface area contributed by atoms with Gasteiger partial charge in [0.2, 0.25) is 5.88 Å². The van der Waals surface area contributed by atoms with E-state index in [4.69, 9.17) is 15.3 Å². The second kappa shape index (κ2) is 5.90. The van der Waals surface area contributed by atoms with E-state index in [9.17, 15) is 0 Å². The van der Waals surface area contributed by atoms with Crippen molar-refractivity contribution in [2.45, 2.75) is 18.9 Å². The number of aromatic nitrogens is 2. The Kier molecular flexibility index (Phi) is 4.24. The molecule has 17 heavy (non-hydrogen) atoms. The van der Waals surface area contributed by atoms with E-state index < -0.39 is 0 Å². The van der Waals surface area contributed by atoms with Crippen LogP contribution in [0.4, 0.5) is 0 Å². The monoisotopic (exact) mass is 238 g/mol.